The maximum Gasteiger partial charge on any atom is 0.0857 e. The zero-order valence-electron chi connectivity index (χ0n) is 20.8. The van der Waals surface area contributed by atoms with Crippen molar-refractivity contribution in [3.05, 3.63) is 0 Å². The van der Waals surface area contributed by atoms with Gasteiger partial charge in [-0.15, -0.1) is 0 Å². The first-order valence-electron chi connectivity index (χ1n) is 13.3. The Bertz CT molecular complexity index is 668. The first-order valence-corrected chi connectivity index (χ1v) is 13.3. The normalized spacial score (nSPS) is 52.8. The van der Waals surface area contributed by atoms with Gasteiger partial charge in [0.1, 0.15) is 0 Å². The lowest BCUT2D eigenvalue weighted by atomic mass is 9.43. The monoisotopic (exact) mass is 452 g/mol. The van der Waals surface area contributed by atoms with Gasteiger partial charge in [-0.2, -0.15) is 0 Å². The zero-order valence-corrected chi connectivity index (χ0v) is 20.8. The third-order valence-corrected chi connectivity index (χ3v) is 11.1. The molecule has 0 aromatic rings. The second kappa shape index (κ2) is 8.78. The Hall–Kier alpha value is -0.200. The van der Waals surface area contributed by atoms with Gasteiger partial charge in [0.05, 0.1) is 30.5 Å². The largest absolute Gasteiger partial charge is 0.393 e. The zero-order chi connectivity index (χ0) is 23.6. The van der Waals surface area contributed by atoms with Crippen LogP contribution in [0.1, 0.15) is 86.0 Å². The fourth-order valence-corrected chi connectivity index (χ4v) is 9.35. The van der Waals surface area contributed by atoms with Gasteiger partial charge >= 0.3 is 0 Å². The van der Waals surface area contributed by atoms with Crippen LogP contribution in [0, 0.1) is 52.3 Å². The third kappa shape index (κ3) is 3.79. The van der Waals surface area contributed by atoms with Crippen LogP contribution in [0.15, 0.2) is 0 Å². The minimum atomic E-state index is -0.855. The maximum atomic E-state index is 11.4. The summed E-state index contributed by atoms with van der Waals surface area (Å²) in [6, 6.07) is 0. The van der Waals surface area contributed by atoms with Gasteiger partial charge in [-0.3, -0.25) is 0 Å². The van der Waals surface area contributed by atoms with E-state index in [1.807, 2.05) is 0 Å². The highest BCUT2D eigenvalue weighted by atomic mass is 16.3. The van der Waals surface area contributed by atoms with Gasteiger partial charge in [0.15, 0.2) is 0 Å². The lowest BCUT2D eigenvalue weighted by Gasteiger charge is -2.63. The predicted molar refractivity (Wildman–Crippen MR) is 125 cm³/mol. The van der Waals surface area contributed by atoms with Crippen molar-refractivity contribution in [3.8, 4) is 0 Å². The molecule has 4 aliphatic rings. The van der Waals surface area contributed by atoms with Gasteiger partial charge < -0.3 is 25.5 Å². The molecule has 13 atom stereocenters. The van der Waals surface area contributed by atoms with Crippen LogP contribution in [-0.4, -0.2) is 56.1 Å². The van der Waals surface area contributed by atoms with E-state index in [0.717, 1.165) is 38.5 Å². The van der Waals surface area contributed by atoms with Gasteiger partial charge in [0.25, 0.3) is 0 Å². The highest BCUT2D eigenvalue weighted by Gasteiger charge is 2.65. The highest BCUT2D eigenvalue weighted by Crippen LogP contribution is 2.68. The highest BCUT2D eigenvalue weighted by molar-refractivity contribution is 5.14. The summed E-state index contributed by atoms with van der Waals surface area (Å²) in [5, 5.41) is 53.9. The lowest BCUT2D eigenvalue weighted by Crippen LogP contribution is -2.63. The Morgan fingerprint density at radius 2 is 1.41 bits per heavy atom. The number of hydrogen-bond donors (Lipinski definition) is 5. The summed E-state index contributed by atoms with van der Waals surface area (Å²) in [7, 11) is 0. The van der Waals surface area contributed by atoms with Gasteiger partial charge in [-0.05, 0) is 97.7 Å². The van der Waals surface area contributed by atoms with E-state index < -0.39 is 18.3 Å². The van der Waals surface area contributed by atoms with E-state index in [1.54, 1.807) is 0 Å². The van der Waals surface area contributed by atoms with Crippen molar-refractivity contribution in [3.63, 3.8) is 0 Å². The lowest BCUT2D eigenvalue weighted by molar-refractivity contribution is -0.217. The Labute approximate surface area is 194 Å². The number of fused-ring (bicyclic) bond motifs is 5. The SMILES string of the molecule is CC(C)C(O)CCC(C)C1CC(O)C2C3CC(O)C4C(O)C(O)CCC4(C)C3CCC12C. The molecule has 4 fully saturated rings. The fourth-order valence-electron chi connectivity index (χ4n) is 9.35. The van der Waals surface area contributed by atoms with Crippen molar-refractivity contribution < 1.29 is 25.5 Å². The maximum absolute atomic E-state index is 11.4. The molecule has 5 N–H and O–H groups in total. The van der Waals surface area contributed by atoms with E-state index in [4.69, 9.17) is 0 Å². The molecule has 0 aromatic heterocycles. The summed E-state index contributed by atoms with van der Waals surface area (Å²) in [6.07, 6.45) is 3.99. The molecule has 4 aliphatic carbocycles. The summed E-state index contributed by atoms with van der Waals surface area (Å²) in [6.45, 7) is 11.0. The van der Waals surface area contributed by atoms with Crippen molar-refractivity contribution in [2.45, 2.75) is 117 Å². The van der Waals surface area contributed by atoms with E-state index in [9.17, 15) is 25.5 Å². The summed E-state index contributed by atoms with van der Waals surface area (Å²) >= 11 is 0. The summed E-state index contributed by atoms with van der Waals surface area (Å²) in [5.41, 5.74) is -0.133. The van der Waals surface area contributed by atoms with Crippen LogP contribution in [0.25, 0.3) is 0 Å². The standard InChI is InChI=1S/C27H48O5/c1-14(2)19(28)7-6-15(3)18-13-22(31)23-16-12-21(30)24-25(32)20(29)9-11-26(24,4)17(16)8-10-27(18,23)5/h14-25,28-32H,6-13H2,1-5H3. The molecule has 0 bridgehead atoms. The molecule has 0 amide bonds. The number of hydrogen-bond acceptors (Lipinski definition) is 5. The molecule has 5 nitrogen and oxygen atoms in total. The number of aliphatic hydroxyl groups excluding tert-OH is 5. The molecule has 32 heavy (non-hydrogen) atoms. The molecule has 0 heterocycles. The Balaban J connectivity index is 1.56. The topological polar surface area (TPSA) is 101 Å². The molecule has 186 valence electrons. The Morgan fingerprint density at radius 1 is 0.781 bits per heavy atom. The number of rotatable bonds is 5. The van der Waals surface area contributed by atoms with Gasteiger partial charge in [0, 0.05) is 5.92 Å². The molecule has 0 saturated heterocycles. The first-order chi connectivity index (χ1) is 14.9. The van der Waals surface area contributed by atoms with Gasteiger partial charge in [-0.25, -0.2) is 0 Å². The molecule has 0 radical (unpaired) electrons. The van der Waals surface area contributed by atoms with E-state index in [2.05, 4.69) is 34.6 Å². The number of aliphatic hydroxyl groups is 5. The van der Waals surface area contributed by atoms with Gasteiger partial charge in [-0.1, -0.05) is 34.6 Å². The molecular formula is C27H48O5. The van der Waals surface area contributed by atoms with Crippen LogP contribution in [-0.2, 0) is 0 Å². The van der Waals surface area contributed by atoms with Crippen molar-refractivity contribution in [2.75, 3.05) is 0 Å². The Morgan fingerprint density at radius 3 is 2.06 bits per heavy atom. The van der Waals surface area contributed by atoms with Crippen LogP contribution in [0.2, 0.25) is 0 Å². The predicted octanol–water partition coefficient (Wildman–Crippen LogP) is 3.35. The van der Waals surface area contributed by atoms with Crippen molar-refractivity contribution in [1.29, 1.82) is 0 Å². The molecule has 5 heteroatoms. The van der Waals surface area contributed by atoms with Crippen molar-refractivity contribution in [1.82, 2.24) is 0 Å². The molecule has 13 unspecified atom stereocenters. The Kier molecular flexibility index (Phi) is 6.84. The fraction of sp³-hybridized carbons (Fsp3) is 1.00. The third-order valence-electron chi connectivity index (χ3n) is 11.1. The molecule has 0 spiro atoms. The first kappa shape index (κ1) is 24.9. The summed E-state index contributed by atoms with van der Waals surface area (Å²) in [4.78, 5) is 0. The van der Waals surface area contributed by atoms with Gasteiger partial charge in [0.2, 0.25) is 0 Å². The second-order valence-corrected chi connectivity index (χ2v) is 13.0. The summed E-state index contributed by atoms with van der Waals surface area (Å²) in [5.74, 6) is 1.71. The van der Waals surface area contributed by atoms with E-state index >= 15 is 0 Å². The van der Waals surface area contributed by atoms with Crippen LogP contribution in [0.4, 0.5) is 0 Å². The molecule has 0 aliphatic heterocycles. The van der Waals surface area contributed by atoms with Crippen LogP contribution in [0.3, 0.4) is 0 Å². The van der Waals surface area contributed by atoms with E-state index in [0.29, 0.717) is 30.6 Å². The second-order valence-electron chi connectivity index (χ2n) is 13.0. The van der Waals surface area contributed by atoms with Crippen LogP contribution >= 0.6 is 0 Å². The average molecular weight is 453 g/mol. The molecule has 4 saturated carbocycles. The van der Waals surface area contributed by atoms with E-state index in [1.165, 1.54) is 0 Å². The van der Waals surface area contributed by atoms with E-state index in [-0.39, 0.29) is 46.7 Å². The molecular weight excluding hydrogens is 404 g/mol. The molecule has 0 aromatic carbocycles. The minimum absolute atomic E-state index is 0.0541. The quantitative estimate of drug-likeness (QED) is 0.440. The summed E-state index contributed by atoms with van der Waals surface area (Å²) < 4.78 is 0. The average Bonchev–Trinajstić information content (AvgIpc) is 2.99. The van der Waals surface area contributed by atoms with Crippen molar-refractivity contribution >= 4 is 0 Å². The van der Waals surface area contributed by atoms with Crippen LogP contribution < -0.4 is 0 Å². The minimum Gasteiger partial charge on any atom is -0.393 e. The van der Waals surface area contributed by atoms with Crippen LogP contribution in [0.5, 0.6) is 0 Å². The smallest absolute Gasteiger partial charge is 0.0857 e. The van der Waals surface area contributed by atoms with Crippen molar-refractivity contribution in [2.24, 2.45) is 52.3 Å². The molecule has 4 rings (SSSR count).